The third kappa shape index (κ3) is 5.63. The molecule has 1 rings (SSSR count). The van der Waals surface area contributed by atoms with Crippen molar-refractivity contribution in [1.82, 2.24) is 0 Å². The fourth-order valence-electron chi connectivity index (χ4n) is 4.24. The van der Waals surface area contributed by atoms with Gasteiger partial charge < -0.3 is 14.9 Å². The highest BCUT2D eigenvalue weighted by molar-refractivity contribution is 5.99. The van der Waals surface area contributed by atoms with Crippen LogP contribution in [0.15, 0.2) is 0 Å². The Morgan fingerprint density at radius 2 is 1.43 bits per heavy atom. The van der Waals surface area contributed by atoms with Gasteiger partial charge in [-0.1, -0.05) is 48.0 Å². The summed E-state index contributed by atoms with van der Waals surface area (Å²) in [6.07, 6.45) is -0.783. The summed E-state index contributed by atoms with van der Waals surface area (Å²) >= 11 is 0. The minimum atomic E-state index is -0.986. The zero-order chi connectivity index (χ0) is 21.8. The Morgan fingerprint density at radius 1 is 0.893 bits per heavy atom. The Hall–Kier alpha value is -1.27. The van der Waals surface area contributed by atoms with Crippen LogP contribution in [-0.4, -0.2) is 46.1 Å². The van der Waals surface area contributed by atoms with Gasteiger partial charge in [0.05, 0.1) is 12.2 Å². The molecule has 6 heteroatoms. The third-order valence-corrected chi connectivity index (χ3v) is 6.46. The Balaban J connectivity index is 3.27. The number of hydrogen-bond acceptors (Lipinski definition) is 6. The summed E-state index contributed by atoms with van der Waals surface area (Å²) in [6, 6.07) is 0. The Labute approximate surface area is 169 Å². The van der Waals surface area contributed by atoms with Crippen molar-refractivity contribution in [3.05, 3.63) is 0 Å². The molecule has 1 fully saturated rings. The molecular formula is C22H38O6. The first-order valence-corrected chi connectivity index (χ1v) is 10.6. The summed E-state index contributed by atoms with van der Waals surface area (Å²) in [4.78, 5) is 38.1. The minimum Gasteiger partial charge on any atom is -0.461 e. The molecule has 0 saturated carbocycles. The van der Waals surface area contributed by atoms with Crippen LogP contribution in [0.5, 0.6) is 0 Å². The van der Waals surface area contributed by atoms with E-state index in [1.807, 2.05) is 6.92 Å². The zero-order valence-electron chi connectivity index (χ0n) is 18.3. The van der Waals surface area contributed by atoms with E-state index in [1.54, 1.807) is 34.6 Å². The number of esters is 1. The highest BCUT2D eigenvalue weighted by Crippen LogP contribution is 2.30. The van der Waals surface area contributed by atoms with Gasteiger partial charge in [-0.25, -0.2) is 0 Å². The number of rotatable bonds is 2. The van der Waals surface area contributed by atoms with Crippen LogP contribution >= 0.6 is 0 Å². The van der Waals surface area contributed by atoms with Crippen LogP contribution in [0.1, 0.15) is 67.7 Å². The minimum absolute atomic E-state index is 0.0793. The van der Waals surface area contributed by atoms with Gasteiger partial charge in [0.1, 0.15) is 17.8 Å². The Morgan fingerprint density at radius 3 is 1.96 bits per heavy atom. The predicted octanol–water partition coefficient (Wildman–Crippen LogP) is 2.78. The van der Waals surface area contributed by atoms with Crippen molar-refractivity contribution in [2.24, 2.45) is 35.5 Å². The lowest BCUT2D eigenvalue weighted by molar-refractivity contribution is -0.163. The van der Waals surface area contributed by atoms with Gasteiger partial charge in [-0.3, -0.25) is 14.4 Å². The molecule has 0 amide bonds. The van der Waals surface area contributed by atoms with Crippen LogP contribution in [0.2, 0.25) is 0 Å². The van der Waals surface area contributed by atoms with Crippen molar-refractivity contribution in [2.45, 2.75) is 86.0 Å². The topological polar surface area (TPSA) is 101 Å². The average Bonchev–Trinajstić information content (AvgIpc) is 2.67. The van der Waals surface area contributed by atoms with E-state index >= 15 is 0 Å². The smallest absolute Gasteiger partial charge is 0.316 e. The molecule has 0 radical (unpaired) electrons. The standard InChI is InChI=1S/C22H38O6/c1-8-9-17-13(4)20(25)14(5)18(23)11(2)10-12(3)19(24)15(6)21(26)16(7)22(27)28-17/h11-17,19-20,24-25H,8-10H2,1-7H3. The number of ketones is 2. The molecule has 0 aromatic heterocycles. The van der Waals surface area contributed by atoms with Crippen LogP contribution < -0.4 is 0 Å². The van der Waals surface area contributed by atoms with Gasteiger partial charge >= 0.3 is 5.97 Å². The third-order valence-electron chi connectivity index (χ3n) is 6.46. The summed E-state index contributed by atoms with van der Waals surface area (Å²) < 4.78 is 5.61. The van der Waals surface area contributed by atoms with E-state index in [9.17, 15) is 24.6 Å². The summed E-state index contributed by atoms with van der Waals surface area (Å²) in [5.41, 5.74) is 0. The highest BCUT2D eigenvalue weighted by Gasteiger charge is 2.39. The molecule has 162 valence electrons. The van der Waals surface area contributed by atoms with Gasteiger partial charge in [-0.2, -0.15) is 0 Å². The first-order chi connectivity index (χ1) is 12.9. The number of Topliss-reactive ketones (excluding diaryl/α,β-unsaturated/α-hetero) is 2. The fraction of sp³-hybridized carbons (Fsp3) is 0.864. The lowest BCUT2D eigenvalue weighted by Gasteiger charge is -2.34. The molecule has 1 aliphatic rings. The van der Waals surface area contributed by atoms with Crippen LogP contribution in [-0.2, 0) is 19.1 Å². The number of cyclic esters (lactones) is 1. The van der Waals surface area contributed by atoms with Crippen molar-refractivity contribution < 1.29 is 29.3 Å². The summed E-state index contributed by atoms with van der Waals surface area (Å²) in [7, 11) is 0. The Kier molecular flexibility index (Phi) is 9.28. The van der Waals surface area contributed by atoms with Crippen molar-refractivity contribution in [3.63, 3.8) is 0 Å². The van der Waals surface area contributed by atoms with E-state index in [2.05, 4.69) is 0 Å². The monoisotopic (exact) mass is 398 g/mol. The SMILES string of the molecule is CCCC1OC(=O)C(C)C(=O)C(C)C(O)C(C)CC(C)C(=O)C(C)C(O)C1C. The first-order valence-electron chi connectivity index (χ1n) is 10.6. The first kappa shape index (κ1) is 24.8. The largest absolute Gasteiger partial charge is 0.461 e. The molecule has 9 unspecified atom stereocenters. The number of ether oxygens (including phenoxy) is 1. The van der Waals surface area contributed by atoms with E-state index in [-0.39, 0.29) is 23.4 Å². The predicted molar refractivity (Wildman–Crippen MR) is 106 cm³/mol. The van der Waals surface area contributed by atoms with Crippen LogP contribution in [0.4, 0.5) is 0 Å². The number of aliphatic hydroxyl groups excluding tert-OH is 2. The van der Waals surface area contributed by atoms with E-state index in [0.29, 0.717) is 12.8 Å². The lowest BCUT2D eigenvalue weighted by Crippen LogP contribution is -2.44. The molecule has 0 bridgehead atoms. The lowest BCUT2D eigenvalue weighted by atomic mass is 9.77. The van der Waals surface area contributed by atoms with Gasteiger partial charge in [0, 0.05) is 23.7 Å². The van der Waals surface area contributed by atoms with Gasteiger partial charge in [0.25, 0.3) is 0 Å². The van der Waals surface area contributed by atoms with Crippen LogP contribution in [0, 0.1) is 35.5 Å². The van der Waals surface area contributed by atoms with Gasteiger partial charge in [-0.15, -0.1) is 0 Å². The second kappa shape index (κ2) is 10.5. The maximum Gasteiger partial charge on any atom is 0.316 e. The Bertz CT molecular complexity index is 559. The second-order valence-corrected chi connectivity index (χ2v) is 8.82. The van der Waals surface area contributed by atoms with Crippen molar-refractivity contribution >= 4 is 17.5 Å². The number of hydrogen-bond donors (Lipinski definition) is 2. The van der Waals surface area contributed by atoms with Crippen molar-refractivity contribution in [2.75, 3.05) is 0 Å². The molecule has 1 heterocycles. The molecule has 28 heavy (non-hydrogen) atoms. The molecule has 6 nitrogen and oxygen atoms in total. The van der Waals surface area contributed by atoms with E-state index in [1.165, 1.54) is 6.92 Å². The molecule has 9 atom stereocenters. The molecule has 1 aliphatic heterocycles. The van der Waals surface area contributed by atoms with Gasteiger partial charge in [-0.05, 0) is 25.7 Å². The van der Waals surface area contributed by atoms with E-state index in [0.717, 1.165) is 6.42 Å². The molecule has 2 N–H and O–H groups in total. The second-order valence-electron chi connectivity index (χ2n) is 8.82. The molecular weight excluding hydrogens is 360 g/mol. The van der Waals surface area contributed by atoms with E-state index in [4.69, 9.17) is 4.74 Å². The van der Waals surface area contributed by atoms with Crippen LogP contribution in [0.25, 0.3) is 0 Å². The van der Waals surface area contributed by atoms with Gasteiger partial charge in [0.15, 0.2) is 5.78 Å². The van der Waals surface area contributed by atoms with Crippen molar-refractivity contribution in [3.8, 4) is 0 Å². The zero-order valence-corrected chi connectivity index (χ0v) is 18.3. The number of aliphatic hydroxyl groups is 2. The molecule has 1 saturated heterocycles. The van der Waals surface area contributed by atoms with Crippen LogP contribution in [0.3, 0.4) is 0 Å². The van der Waals surface area contributed by atoms with Crippen molar-refractivity contribution in [1.29, 1.82) is 0 Å². The fourth-order valence-corrected chi connectivity index (χ4v) is 4.24. The molecule has 0 aliphatic carbocycles. The van der Waals surface area contributed by atoms with Gasteiger partial charge in [0.2, 0.25) is 0 Å². The average molecular weight is 399 g/mol. The van der Waals surface area contributed by atoms with E-state index < -0.39 is 48.0 Å². The molecule has 0 aromatic carbocycles. The normalized spacial score (nSPS) is 42.0. The summed E-state index contributed by atoms with van der Waals surface area (Å²) in [5.74, 6) is -4.48. The maximum absolute atomic E-state index is 12.8. The number of carbonyl (C=O) groups is 3. The maximum atomic E-state index is 12.8. The highest BCUT2D eigenvalue weighted by atomic mass is 16.5. The summed E-state index contributed by atoms with van der Waals surface area (Å²) in [6.45, 7) is 12.1. The summed E-state index contributed by atoms with van der Waals surface area (Å²) in [5, 5.41) is 21.4. The molecule has 0 aromatic rings. The molecule has 0 spiro atoms. The number of carbonyl (C=O) groups excluding carboxylic acids is 3. The quantitative estimate of drug-likeness (QED) is 0.548.